The van der Waals surface area contributed by atoms with Gasteiger partial charge in [0, 0.05) is 6.07 Å². The second-order valence-electron chi connectivity index (χ2n) is 5.25. The number of hydrogen-bond acceptors (Lipinski definition) is 4. The third-order valence-electron chi connectivity index (χ3n) is 2.98. The highest BCUT2D eigenvalue weighted by Crippen LogP contribution is 2.19. The van der Waals surface area contributed by atoms with Gasteiger partial charge in [-0.25, -0.2) is 4.68 Å². The zero-order chi connectivity index (χ0) is 15.4. The summed E-state index contributed by atoms with van der Waals surface area (Å²) >= 11 is 0. The first-order valence-electron chi connectivity index (χ1n) is 6.95. The third-order valence-corrected chi connectivity index (χ3v) is 2.98. The second-order valence-corrected chi connectivity index (χ2v) is 5.25. The number of benzene rings is 1. The van der Waals surface area contributed by atoms with Crippen LogP contribution in [0.15, 0.2) is 41.2 Å². The molecule has 1 atom stereocenters. The van der Waals surface area contributed by atoms with Crippen LogP contribution < -0.4 is 10.3 Å². The highest BCUT2D eigenvalue weighted by molar-refractivity contribution is 5.28. The van der Waals surface area contributed by atoms with E-state index in [1.54, 1.807) is 25.1 Å². The van der Waals surface area contributed by atoms with Crippen LogP contribution >= 0.6 is 0 Å². The van der Waals surface area contributed by atoms with Crippen LogP contribution in [-0.4, -0.2) is 21.0 Å². The van der Waals surface area contributed by atoms with Gasteiger partial charge in [-0.05, 0) is 44.5 Å². The standard InChI is InChI=1S/C16H20N2O3/c1-11(2)21-14-7-5-13(6-8-14)15(19)10-18-16(20)9-4-12(3)17-18/h4-9,11,15,19H,10H2,1-3H3. The number of nitrogens with zero attached hydrogens (tertiary/aromatic N) is 2. The molecular weight excluding hydrogens is 268 g/mol. The van der Waals surface area contributed by atoms with Gasteiger partial charge in [-0.1, -0.05) is 12.1 Å². The summed E-state index contributed by atoms with van der Waals surface area (Å²) in [6, 6.07) is 10.3. The Morgan fingerprint density at radius 2 is 1.86 bits per heavy atom. The van der Waals surface area contributed by atoms with Crippen molar-refractivity contribution >= 4 is 0 Å². The molecule has 0 saturated heterocycles. The van der Waals surface area contributed by atoms with Gasteiger partial charge in [0.15, 0.2) is 0 Å². The van der Waals surface area contributed by atoms with Crippen LogP contribution in [0.2, 0.25) is 0 Å². The molecule has 1 N–H and O–H groups in total. The summed E-state index contributed by atoms with van der Waals surface area (Å²) in [5.41, 5.74) is 1.24. The van der Waals surface area contributed by atoms with Crippen LogP contribution in [0.5, 0.6) is 5.75 Å². The molecule has 5 heteroatoms. The summed E-state index contributed by atoms with van der Waals surface area (Å²) in [6.07, 6.45) is -0.680. The van der Waals surface area contributed by atoms with Crippen LogP contribution in [0.4, 0.5) is 0 Å². The van der Waals surface area contributed by atoms with E-state index in [1.165, 1.54) is 10.7 Å². The van der Waals surface area contributed by atoms with Crippen molar-refractivity contribution < 1.29 is 9.84 Å². The fourth-order valence-electron chi connectivity index (χ4n) is 1.99. The van der Waals surface area contributed by atoms with Crippen LogP contribution in [0.3, 0.4) is 0 Å². The summed E-state index contributed by atoms with van der Waals surface area (Å²) < 4.78 is 6.83. The minimum Gasteiger partial charge on any atom is -0.491 e. The maximum atomic E-state index is 11.7. The van der Waals surface area contributed by atoms with Gasteiger partial charge < -0.3 is 9.84 Å². The van der Waals surface area contributed by atoms with Crippen molar-refractivity contribution in [3.05, 3.63) is 58.0 Å². The Morgan fingerprint density at radius 1 is 1.19 bits per heavy atom. The lowest BCUT2D eigenvalue weighted by Gasteiger charge is -2.14. The minimum absolute atomic E-state index is 0.107. The molecule has 0 aliphatic heterocycles. The van der Waals surface area contributed by atoms with Gasteiger partial charge in [-0.2, -0.15) is 5.10 Å². The van der Waals surface area contributed by atoms with Crippen LogP contribution in [0.1, 0.15) is 31.2 Å². The van der Waals surface area contributed by atoms with Crippen LogP contribution in [-0.2, 0) is 6.54 Å². The Bertz CT molecular complexity index is 647. The van der Waals surface area contributed by atoms with E-state index in [2.05, 4.69) is 5.10 Å². The molecule has 0 radical (unpaired) electrons. The van der Waals surface area contributed by atoms with E-state index in [4.69, 9.17) is 4.74 Å². The van der Waals surface area contributed by atoms with E-state index < -0.39 is 6.10 Å². The highest BCUT2D eigenvalue weighted by Gasteiger charge is 2.10. The number of aliphatic hydroxyl groups excluding tert-OH is 1. The molecule has 0 aliphatic carbocycles. The van der Waals surface area contributed by atoms with Gasteiger partial charge in [-0.15, -0.1) is 0 Å². The molecule has 1 aromatic carbocycles. The summed E-state index contributed by atoms with van der Waals surface area (Å²) in [4.78, 5) is 11.7. The summed E-state index contributed by atoms with van der Waals surface area (Å²) in [5.74, 6) is 0.756. The van der Waals surface area contributed by atoms with E-state index in [9.17, 15) is 9.90 Å². The molecule has 0 bridgehead atoms. The summed E-state index contributed by atoms with van der Waals surface area (Å²) in [5, 5.41) is 14.3. The predicted octanol–water partition coefficient (Wildman–Crippen LogP) is 2.07. The maximum Gasteiger partial charge on any atom is 0.266 e. The number of aliphatic hydroxyl groups is 1. The summed E-state index contributed by atoms with van der Waals surface area (Å²) in [7, 11) is 0. The topological polar surface area (TPSA) is 64.4 Å². The Balaban J connectivity index is 2.11. The van der Waals surface area contributed by atoms with Gasteiger partial charge in [0.2, 0.25) is 0 Å². The zero-order valence-corrected chi connectivity index (χ0v) is 12.5. The van der Waals surface area contributed by atoms with Crippen molar-refractivity contribution in [1.29, 1.82) is 0 Å². The number of rotatable bonds is 5. The Kier molecular flexibility index (Phi) is 4.75. The Labute approximate surface area is 123 Å². The predicted molar refractivity (Wildman–Crippen MR) is 80.4 cm³/mol. The number of hydrogen-bond donors (Lipinski definition) is 1. The maximum absolute atomic E-state index is 11.7. The van der Waals surface area contributed by atoms with Crippen molar-refractivity contribution in [3.63, 3.8) is 0 Å². The largest absolute Gasteiger partial charge is 0.491 e. The fraction of sp³-hybridized carbons (Fsp3) is 0.375. The molecule has 5 nitrogen and oxygen atoms in total. The smallest absolute Gasteiger partial charge is 0.266 e. The first kappa shape index (κ1) is 15.3. The van der Waals surface area contributed by atoms with E-state index in [1.807, 2.05) is 26.0 Å². The van der Waals surface area contributed by atoms with Crippen molar-refractivity contribution in [2.24, 2.45) is 0 Å². The van der Waals surface area contributed by atoms with Crippen LogP contribution in [0.25, 0.3) is 0 Å². The molecule has 0 aliphatic rings. The average molecular weight is 288 g/mol. The molecular formula is C16H20N2O3. The zero-order valence-electron chi connectivity index (χ0n) is 12.5. The number of aryl methyl sites for hydroxylation is 1. The highest BCUT2D eigenvalue weighted by atomic mass is 16.5. The molecule has 2 rings (SSSR count). The van der Waals surface area contributed by atoms with Crippen molar-refractivity contribution in [1.82, 2.24) is 9.78 Å². The van der Waals surface area contributed by atoms with E-state index >= 15 is 0 Å². The molecule has 0 amide bonds. The molecule has 1 aromatic heterocycles. The van der Waals surface area contributed by atoms with Gasteiger partial charge in [0.05, 0.1) is 24.4 Å². The molecule has 0 saturated carbocycles. The van der Waals surface area contributed by atoms with Gasteiger partial charge in [0.25, 0.3) is 5.56 Å². The van der Waals surface area contributed by atoms with Crippen molar-refractivity contribution in [2.45, 2.75) is 39.5 Å². The van der Waals surface area contributed by atoms with Gasteiger partial charge in [-0.3, -0.25) is 4.79 Å². The molecule has 1 heterocycles. The van der Waals surface area contributed by atoms with Gasteiger partial charge >= 0.3 is 0 Å². The summed E-state index contributed by atoms with van der Waals surface area (Å²) in [6.45, 7) is 5.85. The Hall–Kier alpha value is -2.14. The van der Waals surface area contributed by atoms with Crippen molar-refractivity contribution in [3.8, 4) is 5.75 Å². The third kappa shape index (κ3) is 4.16. The quantitative estimate of drug-likeness (QED) is 0.915. The lowest BCUT2D eigenvalue weighted by molar-refractivity contribution is 0.149. The number of aromatic nitrogens is 2. The molecule has 0 fully saturated rings. The normalized spacial score (nSPS) is 12.4. The van der Waals surface area contributed by atoms with E-state index in [-0.39, 0.29) is 18.2 Å². The lowest BCUT2D eigenvalue weighted by atomic mass is 10.1. The average Bonchev–Trinajstić information content (AvgIpc) is 2.43. The van der Waals surface area contributed by atoms with E-state index in [0.717, 1.165) is 17.0 Å². The lowest BCUT2D eigenvalue weighted by Crippen LogP contribution is -2.25. The second kappa shape index (κ2) is 6.54. The van der Waals surface area contributed by atoms with Crippen molar-refractivity contribution in [2.75, 3.05) is 0 Å². The van der Waals surface area contributed by atoms with E-state index in [0.29, 0.717) is 0 Å². The minimum atomic E-state index is -0.787. The molecule has 0 spiro atoms. The fourth-order valence-corrected chi connectivity index (χ4v) is 1.99. The van der Waals surface area contributed by atoms with Gasteiger partial charge in [0.1, 0.15) is 5.75 Å². The number of ether oxygens (including phenoxy) is 1. The monoisotopic (exact) mass is 288 g/mol. The molecule has 2 aromatic rings. The molecule has 1 unspecified atom stereocenters. The van der Waals surface area contributed by atoms with Crippen LogP contribution in [0, 0.1) is 6.92 Å². The Morgan fingerprint density at radius 3 is 2.48 bits per heavy atom. The molecule has 112 valence electrons. The SMILES string of the molecule is Cc1ccc(=O)n(CC(O)c2ccc(OC(C)C)cc2)n1. The first-order valence-corrected chi connectivity index (χ1v) is 6.95. The molecule has 21 heavy (non-hydrogen) atoms. The first-order chi connectivity index (χ1) is 9.95.